The van der Waals surface area contributed by atoms with Crippen molar-refractivity contribution in [1.82, 2.24) is 10.3 Å². The van der Waals surface area contributed by atoms with Gasteiger partial charge in [0.05, 0.1) is 0 Å². The molecule has 2 rings (SSSR count). The molecule has 2 heterocycles. The molecule has 1 aromatic rings. The first kappa shape index (κ1) is 11.1. The minimum atomic E-state index is -0.0907. The van der Waals surface area contributed by atoms with Crippen LogP contribution in [0.15, 0.2) is 24.4 Å². The topological polar surface area (TPSA) is 51.2 Å². The number of pyridine rings is 1. The van der Waals surface area contributed by atoms with Gasteiger partial charge in [-0.15, -0.1) is 0 Å². The van der Waals surface area contributed by atoms with Gasteiger partial charge in [0.25, 0.3) is 5.91 Å². The highest BCUT2D eigenvalue weighted by atomic mass is 16.5. The molecule has 0 unspecified atom stereocenters. The predicted octanol–water partition coefficient (Wildman–Crippen LogP) is 1.24. The summed E-state index contributed by atoms with van der Waals surface area (Å²) in [4.78, 5) is 15.7. The molecule has 1 N–H and O–H groups in total. The van der Waals surface area contributed by atoms with Crippen LogP contribution in [0.4, 0.5) is 0 Å². The van der Waals surface area contributed by atoms with Crippen molar-refractivity contribution in [3.05, 3.63) is 30.1 Å². The Hall–Kier alpha value is -1.42. The Bertz CT molecular complexity index is 334. The highest BCUT2D eigenvalue weighted by Crippen LogP contribution is 2.13. The van der Waals surface area contributed by atoms with Gasteiger partial charge in [-0.2, -0.15) is 0 Å². The van der Waals surface area contributed by atoms with E-state index in [1.807, 2.05) is 6.07 Å². The van der Waals surface area contributed by atoms with Crippen LogP contribution in [0.1, 0.15) is 23.3 Å². The quantitative estimate of drug-likeness (QED) is 0.833. The maximum atomic E-state index is 11.7. The fraction of sp³-hybridized carbons (Fsp3) is 0.500. The van der Waals surface area contributed by atoms with Gasteiger partial charge in [-0.1, -0.05) is 6.07 Å². The van der Waals surface area contributed by atoms with Crippen molar-refractivity contribution in [2.24, 2.45) is 5.92 Å². The molecule has 0 spiro atoms. The minimum Gasteiger partial charge on any atom is -0.381 e. The van der Waals surface area contributed by atoms with Gasteiger partial charge in [-0.3, -0.25) is 9.78 Å². The molecule has 0 atom stereocenters. The van der Waals surface area contributed by atoms with E-state index in [9.17, 15) is 4.79 Å². The third-order valence-corrected chi connectivity index (χ3v) is 2.79. The number of hydrogen-bond donors (Lipinski definition) is 1. The van der Waals surface area contributed by atoms with Gasteiger partial charge in [0.15, 0.2) is 0 Å². The molecule has 1 aromatic heterocycles. The largest absolute Gasteiger partial charge is 0.381 e. The molecular formula is C12H16N2O2. The van der Waals surface area contributed by atoms with Gasteiger partial charge in [0, 0.05) is 26.0 Å². The van der Waals surface area contributed by atoms with Crippen molar-refractivity contribution in [3.8, 4) is 0 Å². The van der Waals surface area contributed by atoms with E-state index in [1.165, 1.54) is 0 Å². The van der Waals surface area contributed by atoms with Crippen molar-refractivity contribution in [1.29, 1.82) is 0 Å². The van der Waals surface area contributed by atoms with Crippen LogP contribution in [-0.2, 0) is 4.74 Å². The lowest BCUT2D eigenvalue weighted by Gasteiger charge is -2.21. The van der Waals surface area contributed by atoms with Crippen molar-refractivity contribution in [2.75, 3.05) is 19.8 Å². The van der Waals surface area contributed by atoms with Crippen molar-refractivity contribution in [3.63, 3.8) is 0 Å². The molecule has 1 amide bonds. The third kappa shape index (κ3) is 3.03. The van der Waals surface area contributed by atoms with E-state index in [2.05, 4.69) is 10.3 Å². The van der Waals surface area contributed by atoms with Crippen LogP contribution in [0.3, 0.4) is 0 Å². The van der Waals surface area contributed by atoms with E-state index in [0.29, 0.717) is 11.6 Å². The molecule has 86 valence electrons. The van der Waals surface area contributed by atoms with Crippen molar-refractivity contribution in [2.45, 2.75) is 12.8 Å². The van der Waals surface area contributed by atoms with Crippen LogP contribution in [-0.4, -0.2) is 30.6 Å². The van der Waals surface area contributed by atoms with E-state index in [4.69, 9.17) is 4.74 Å². The minimum absolute atomic E-state index is 0.0907. The molecule has 4 heteroatoms. The normalized spacial score (nSPS) is 17.0. The van der Waals surface area contributed by atoms with E-state index in [0.717, 1.165) is 32.6 Å². The Balaban J connectivity index is 1.79. The highest BCUT2D eigenvalue weighted by Gasteiger charge is 2.15. The Kier molecular flexibility index (Phi) is 3.88. The van der Waals surface area contributed by atoms with E-state index in [-0.39, 0.29) is 5.91 Å². The fourth-order valence-electron chi connectivity index (χ4n) is 1.78. The molecule has 0 bridgehead atoms. The molecule has 1 aliphatic rings. The molecule has 4 nitrogen and oxygen atoms in total. The summed E-state index contributed by atoms with van der Waals surface area (Å²) < 4.78 is 5.27. The molecular weight excluding hydrogens is 204 g/mol. The van der Waals surface area contributed by atoms with Gasteiger partial charge in [0.2, 0.25) is 0 Å². The lowest BCUT2D eigenvalue weighted by Crippen LogP contribution is -2.32. The van der Waals surface area contributed by atoms with Crippen LogP contribution < -0.4 is 5.32 Å². The van der Waals surface area contributed by atoms with Crippen LogP contribution in [0.5, 0.6) is 0 Å². The first-order valence-corrected chi connectivity index (χ1v) is 5.63. The molecule has 1 fully saturated rings. The highest BCUT2D eigenvalue weighted by molar-refractivity contribution is 5.92. The van der Waals surface area contributed by atoms with Gasteiger partial charge in [-0.05, 0) is 30.9 Å². The Labute approximate surface area is 95.0 Å². The predicted molar refractivity (Wildman–Crippen MR) is 60.1 cm³/mol. The number of amides is 1. The molecule has 0 saturated carbocycles. The van der Waals surface area contributed by atoms with Crippen LogP contribution in [0.25, 0.3) is 0 Å². The van der Waals surface area contributed by atoms with Crippen LogP contribution in [0, 0.1) is 5.92 Å². The Morgan fingerprint density at radius 1 is 1.44 bits per heavy atom. The summed E-state index contributed by atoms with van der Waals surface area (Å²) in [6.45, 7) is 2.34. The number of carbonyl (C=O) groups excluding carboxylic acids is 1. The second-order valence-corrected chi connectivity index (χ2v) is 3.98. The summed E-state index contributed by atoms with van der Waals surface area (Å²) >= 11 is 0. The molecule has 16 heavy (non-hydrogen) atoms. The zero-order chi connectivity index (χ0) is 11.2. The zero-order valence-corrected chi connectivity index (χ0v) is 9.19. The van der Waals surface area contributed by atoms with E-state index in [1.54, 1.807) is 18.3 Å². The monoisotopic (exact) mass is 220 g/mol. The first-order valence-electron chi connectivity index (χ1n) is 5.63. The first-order chi connectivity index (χ1) is 7.86. The zero-order valence-electron chi connectivity index (χ0n) is 9.19. The number of aromatic nitrogens is 1. The second-order valence-electron chi connectivity index (χ2n) is 3.98. The summed E-state index contributed by atoms with van der Waals surface area (Å²) in [7, 11) is 0. The average Bonchev–Trinajstić information content (AvgIpc) is 2.38. The second kappa shape index (κ2) is 5.61. The number of nitrogens with one attached hydrogen (secondary N) is 1. The van der Waals surface area contributed by atoms with Gasteiger partial charge in [0.1, 0.15) is 5.69 Å². The molecule has 0 aromatic carbocycles. The summed E-state index contributed by atoms with van der Waals surface area (Å²) in [5.41, 5.74) is 0.481. The number of carbonyl (C=O) groups is 1. The van der Waals surface area contributed by atoms with E-state index < -0.39 is 0 Å². The van der Waals surface area contributed by atoms with Crippen molar-refractivity contribution < 1.29 is 9.53 Å². The van der Waals surface area contributed by atoms with Gasteiger partial charge >= 0.3 is 0 Å². The number of nitrogens with zero attached hydrogens (tertiary/aromatic N) is 1. The summed E-state index contributed by atoms with van der Waals surface area (Å²) in [5, 5.41) is 2.91. The standard InChI is InChI=1S/C12H16N2O2/c15-12(11-3-1-2-6-13-11)14-9-10-4-7-16-8-5-10/h1-3,6,10H,4-5,7-9H2,(H,14,15). The maximum absolute atomic E-state index is 11.7. The fourth-order valence-corrected chi connectivity index (χ4v) is 1.78. The number of hydrogen-bond acceptors (Lipinski definition) is 3. The SMILES string of the molecule is O=C(NCC1CCOCC1)c1ccccn1. The number of rotatable bonds is 3. The lowest BCUT2D eigenvalue weighted by molar-refractivity contribution is 0.0642. The van der Waals surface area contributed by atoms with Crippen LogP contribution in [0.2, 0.25) is 0 Å². The summed E-state index contributed by atoms with van der Waals surface area (Å²) in [6, 6.07) is 5.34. The molecule has 1 saturated heterocycles. The lowest BCUT2D eigenvalue weighted by atomic mass is 10.0. The Morgan fingerprint density at radius 3 is 2.94 bits per heavy atom. The van der Waals surface area contributed by atoms with Gasteiger partial charge < -0.3 is 10.1 Å². The van der Waals surface area contributed by atoms with Crippen molar-refractivity contribution >= 4 is 5.91 Å². The van der Waals surface area contributed by atoms with Gasteiger partial charge in [-0.25, -0.2) is 0 Å². The summed E-state index contributed by atoms with van der Waals surface area (Å²) in [5.74, 6) is 0.452. The van der Waals surface area contributed by atoms with E-state index >= 15 is 0 Å². The molecule has 0 aliphatic carbocycles. The molecule has 1 aliphatic heterocycles. The average molecular weight is 220 g/mol. The smallest absolute Gasteiger partial charge is 0.269 e. The Morgan fingerprint density at radius 2 is 2.25 bits per heavy atom. The van der Waals surface area contributed by atoms with Crippen LogP contribution >= 0.6 is 0 Å². The third-order valence-electron chi connectivity index (χ3n) is 2.79. The number of ether oxygens (including phenoxy) is 1. The maximum Gasteiger partial charge on any atom is 0.269 e. The molecule has 0 radical (unpaired) electrons. The summed E-state index contributed by atoms with van der Waals surface area (Å²) in [6.07, 6.45) is 3.69.